The largest absolute Gasteiger partial charge is 1.00 e. The first-order valence-electron chi connectivity index (χ1n) is 6.42. The van der Waals surface area contributed by atoms with Gasteiger partial charge in [-0.05, 0) is 34.6 Å². The first-order chi connectivity index (χ1) is 7.73. The van der Waals surface area contributed by atoms with Gasteiger partial charge in [-0.25, -0.2) is 0 Å². The van der Waals surface area contributed by atoms with Crippen LogP contribution in [0.2, 0.25) is 0 Å². The Kier molecular flexibility index (Phi) is 11.9. The molecule has 0 aliphatic carbocycles. The predicted molar refractivity (Wildman–Crippen MR) is 77.5 cm³/mol. The number of hydrogen-bond acceptors (Lipinski definition) is 2. The molecule has 0 fully saturated rings. The fourth-order valence-electron chi connectivity index (χ4n) is 1.61. The van der Waals surface area contributed by atoms with E-state index in [0.29, 0.717) is 0 Å². The predicted octanol–water partition coefficient (Wildman–Crippen LogP) is -0.0501. The van der Waals surface area contributed by atoms with Crippen molar-refractivity contribution < 1.29 is 29.6 Å². The molecule has 0 atom stereocenters. The Morgan fingerprint density at radius 1 is 1.11 bits per heavy atom. The Labute approximate surface area is 136 Å². The third-order valence-electron chi connectivity index (χ3n) is 2.67. The van der Waals surface area contributed by atoms with Gasteiger partial charge in [-0.15, -0.1) is 11.6 Å². The van der Waals surface area contributed by atoms with Crippen LogP contribution >= 0.6 is 0 Å². The SMILES string of the molecule is CC1=CCCC(C)(C)[N-]1.CN(C)CCN(C)C.[Na+]. The molecule has 102 valence electrons. The second-order valence-corrected chi connectivity index (χ2v) is 5.91. The number of allylic oxidation sites excluding steroid dienone is 2. The zero-order valence-electron chi connectivity index (χ0n) is 13.7. The molecule has 0 radical (unpaired) electrons. The van der Waals surface area contributed by atoms with Gasteiger partial charge in [-0.2, -0.15) is 5.70 Å². The van der Waals surface area contributed by atoms with Crippen molar-refractivity contribution >= 4 is 0 Å². The van der Waals surface area contributed by atoms with E-state index in [2.05, 4.69) is 70.2 Å². The summed E-state index contributed by atoms with van der Waals surface area (Å²) in [6.07, 6.45) is 4.60. The van der Waals surface area contributed by atoms with Gasteiger partial charge in [0.1, 0.15) is 0 Å². The molecular formula is C14H30N3Na. The molecule has 0 aromatic carbocycles. The summed E-state index contributed by atoms with van der Waals surface area (Å²) in [6, 6.07) is 0. The molecule has 3 nitrogen and oxygen atoms in total. The summed E-state index contributed by atoms with van der Waals surface area (Å²) in [5, 5.41) is 4.48. The normalized spacial score (nSPS) is 17.3. The molecule has 4 heteroatoms. The second kappa shape index (κ2) is 10.3. The maximum absolute atomic E-state index is 4.48. The fraction of sp³-hybridized carbons (Fsp3) is 0.857. The number of hydrogen-bond donors (Lipinski definition) is 0. The van der Waals surface area contributed by atoms with Crippen LogP contribution in [0, 0.1) is 0 Å². The van der Waals surface area contributed by atoms with Crippen LogP contribution in [0.4, 0.5) is 0 Å². The van der Waals surface area contributed by atoms with Gasteiger partial charge in [-0.1, -0.05) is 27.2 Å². The van der Waals surface area contributed by atoms with Gasteiger partial charge in [0, 0.05) is 13.1 Å². The van der Waals surface area contributed by atoms with Crippen LogP contribution < -0.4 is 29.6 Å². The van der Waals surface area contributed by atoms with Gasteiger partial charge in [0.15, 0.2) is 0 Å². The van der Waals surface area contributed by atoms with E-state index >= 15 is 0 Å². The van der Waals surface area contributed by atoms with E-state index < -0.39 is 0 Å². The monoisotopic (exact) mass is 263 g/mol. The fourth-order valence-corrected chi connectivity index (χ4v) is 1.61. The minimum Gasteiger partial charge on any atom is -0.683 e. The third-order valence-corrected chi connectivity index (χ3v) is 2.67. The van der Waals surface area contributed by atoms with E-state index in [4.69, 9.17) is 0 Å². The van der Waals surface area contributed by atoms with Crippen LogP contribution in [0.3, 0.4) is 0 Å². The molecule has 0 spiro atoms. The Morgan fingerprint density at radius 3 is 1.78 bits per heavy atom. The number of nitrogens with zero attached hydrogens (tertiary/aromatic N) is 3. The Bertz CT molecular complexity index is 227. The smallest absolute Gasteiger partial charge is 0.683 e. The average Bonchev–Trinajstić information content (AvgIpc) is 2.13. The van der Waals surface area contributed by atoms with Crippen molar-refractivity contribution in [3.05, 3.63) is 17.1 Å². The van der Waals surface area contributed by atoms with Crippen LogP contribution in [0.15, 0.2) is 11.8 Å². The van der Waals surface area contributed by atoms with Gasteiger partial charge in [-0.3, -0.25) is 0 Å². The zero-order valence-corrected chi connectivity index (χ0v) is 15.7. The molecule has 1 rings (SSSR count). The minimum absolute atomic E-state index is 0. The topological polar surface area (TPSA) is 20.6 Å². The van der Waals surface area contributed by atoms with E-state index in [-0.39, 0.29) is 35.1 Å². The minimum atomic E-state index is 0. The van der Waals surface area contributed by atoms with Crippen LogP contribution in [0.1, 0.15) is 33.6 Å². The van der Waals surface area contributed by atoms with Crippen molar-refractivity contribution in [1.29, 1.82) is 0 Å². The first-order valence-corrected chi connectivity index (χ1v) is 6.42. The van der Waals surface area contributed by atoms with E-state index in [9.17, 15) is 0 Å². The van der Waals surface area contributed by atoms with Crippen LogP contribution in [-0.4, -0.2) is 56.6 Å². The first kappa shape index (κ1) is 20.8. The number of rotatable bonds is 3. The maximum Gasteiger partial charge on any atom is 1.00 e. The van der Waals surface area contributed by atoms with Crippen LogP contribution in [0.25, 0.3) is 5.32 Å². The van der Waals surface area contributed by atoms with Gasteiger partial charge in [0.2, 0.25) is 0 Å². The molecule has 1 aliphatic heterocycles. The summed E-state index contributed by atoms with van der Waals surface area (Å²) in [5.41, 5.74) is 1.41. The van der Waals surface area contributed by atoms with Crippen molar-refractivity contribution in [2.24, 2.45) is 0 Å². The van der Waals surface area contributed by atoms with Crippen molar-refractivity contribution in [3.8, 4) is 0 Å². The number of likely N-dealkylation sites (N-methyl/N-ethyl adjacent to an activating group) is 2. The van der Waals surface area contributed by atoms with E-state index in [1.807, 2.05) is 0 Å². The zero-order chi connectivity index (χ0) is 13.5. The Hall–Kier alpha value is 0.460. The molecule has 0 N–H and O–H groups in total. The molecule has 18 heavy (non-hydrogen) atoms. The van der Waals surface area contributed by atoms with Crippen LogP contribution in [-0.2, 0) is 0 Å². The average molecular weight is 263 g/mol. The molecule has 1 aliphatic rings. The quantitative estimate of drug-likeness (QED) is 0.666. The van der Waals surface area contributed by atoms with Gasteiger partial charge >= 0.3 is 29.6 Å². The molecule has 1 heterocycles. The molecule has 0 amide bonds. The molecule has 0 aromatic rings. The van der Waals surface area contributed by atoms with Gasteiger partial charge < -0.3 is 15.1 Å². The van der Waals surface area contributed by atoms with Crippen molar-refractivity contribution in [3.63, 3.8) is 0 Å². The Balaban J connectivity index is 0. The summed E-state index contributed by atoms with van der Waals surface area (Å²) in [5.74, 6) is 0. The van der Waals surface area contributed by atoms with E-state index in [1.165, 1.54) is 18.5 Å². The maximum atomic E-state index is 4.48. The van der Waals surface area contributed by atoms with Gasteiger partial charge in [0.05, 0.1) is 0 Å². The Morgan fingerprint density at radius 2 is 1.56 bits per heavy atom. The molecule has 0 aromatic heterocycles. The van der Waals surface area contributed by atoms with Crippen molar-refractivity contribution in [2.45, 2.75) is 39.2 Å². The molecule has 0 unspecified atom stereocenters. The van der Waals surface area contributed by atoms with E-state index in [0.717, 1.165) is 13.1 Å². The molecule has 0 saturated carbocycles. The molecular weight excluding hydrogens is 233 g/mol. The standard InChI is InChI=1S/C8H14N.C6H16N2.Na/c1-7-5-4-6-8(2,3)9-7;1-7(2)5-6-8(3)4;/h5H,4,6H2,1-3H3;5-6H2,1-4H3;/q-1;;+1. The molecule has 0 saturated heterocycles. The van der Waals surface area contributed by atoms with Crippen molar-refractivity contribution in [2.75, 3.05) is 41.3 Å². The summed E-state index contributed by atoms with van der Waals surface area (Å²) < 4.78 is 0. The summed E-state index contributed by atoms with van der Waals surface area (Å²) in [6.45, 7) is 8.73. The summed E-state index contributed by atoms with van der Waals surface area (Å²) >= 11 is 0. The summed E-state index contributed by atoms with van der Waals surface area (Å²) in [4.78, 5) is 4.36. The second-order valence-electron chi connectivity index (χ2n) is 5.91. The van der Waals surface area contributed by atoms with Crippen molar-refractivity contribution in [1.82, 2.24) is 9.80 Å². The van der Waals surface area contributed by atoms with Gasteiger partial charge in [0.25, 0.3) is 0 Å². The third kappa shape index (κ3) is 12.9. The summed E-state index contributed by atoms with van der Waals surface area (Å²) in [7, 11) is 8.35. The van der Waals surface area contributed by atoms with E-state index in [1.54, 1.807) is 0 Å². The molecule has 0 bridgehead atoms. The van der Waals surface area contributed by atoms with Crippen LogP contribution in [0.5, 0.6) is 0 Å².